The normalized spacial score (nSPS) is 11.4. The van der Waals surface area contributed by atoms with E-state index in [1.165, 1.54) is 7.05 Å². The Bertz CT molecular complexity index is 693. The molecule has 0 atom stereocenters. The summed E-state index contributed by atoms with van der Waals surface area (Å²) in [5.74, 6) is -0.599. The van der Waals surface area contributed by atoms with Crippen molar-refractivity contribution in [2.24, 2.45) is 5.92 Å². The summed E-state index contributed by atoms with van der Waals surface area (Å²) in [6.45, 7) is 4.41. The van der Waals surface area contributed by atoms with E-state index in [-0.39, 0.29) is 10.0 Å². The van der Waals surface area contributed by atoms with Gasteiger partial charge in [0, 0.05) is 13.6 Å². The lowest BCUT2D eigenvalue weighted by atomic mass is 10.1. The third-order valence-corrected chi connectivity index (χ3v) is 5.27. The van der Waals surface area contributed by atoms with Crippen molar-refractivity contribution in [2.45, 2.75) is 25.2 Å². The molecule has 0 aliphatic heterocycles. The molecule has 0 saturated carbocycles. The van der Waals surface area contributed by atoms with E-state index in [0.717, 1.165) is 35.0 Å². The molecule has 140 valence electrons. The van der Waals surface area contributed by atoms with Crippen LogP contribution in [0.2, 0.25) is 0 Å². The molecule has 25 heavy (non-hydrogen) atoms. The summed E-state index contributed by atoms with van der Waals surface area (Å²) in [5, 5.41) is 3.17. The number of hydrazine groups is 1. The molecule has 0 aromatic heterocycles. The Balaban J connectivity index is 2.48. The molecular weight excluding hydrogens is 367 g/mol. The van der Waals surface area contributed by atoms with Crippen LogP contribution in [0.3, 0.4) is 0 Å². The van der Waals surface area contributed by atoms with Crippen LogP contribution in [0.5, 0.6) is 0 Å². The van der Waals surface area contributed by atoms with Gasteiger partial charge in [-0.05, 0) is 48.8 Å². The highest BCUT2D eigenvalue weighted by Gasteiger charge is 2.22. The standard InChI is InChI=1S/C15H23FN4O3S2/c1-11(2)8-9-17-15(24)19-18-14(21)10-20(3)25(22,23)13-6-4-12(16)5-7-13/h4-7,11H,8-10H2,1-3H3,(H,18,21)(H2,17,19,24). The molecule has 1 amide bonds. The van der Waals surface area contributed by atoms with Crippen LogP contribution in [0.15, 0.2) is 29.2 Å². The Morgan fingerprint density at radius 3 is 2.40 bits per heavy atom. The van der Waals surface area contributed by atoms with Gasteiger partial charge in [0.2, 0.25) is 10.0 Å². The van der Waals surface area contributed by atoms with Gasteiger partial charge in [-0.3, -0.25) is 15.6 Å². The van der Waals surface area contributed by atoms with Gasteiger partial charge in [-0.2, -0.15) is 4.31 Å². The van der Waals surface area contributed by atoms with Crippen LogP contribution in [0.25, 0.3) is 0 Å². The topological polar surface area (TPSA) is 90.5 Å². The molecule has 0 saturated heterocycles. The maximum atomic E-state index is 12.9. The number of sulfonamides is 1. The first-order chi connectivity index (χ1) is 11.6. The molecule has 0 heterocycles. The van der Waals surface area contributed by atoms with Crippen LogP contribution in [-0.2, 0) is 14.8 Å². The summed E-state index contributed by atoms with van der Waals surface area (Å²) < 4.78 is 38.3. The smallest absolute Gasteiger partial charge is 0.253 e. The van der Waals surface area contributed by atoms with Crippen molar-refractivity contribution in [3.05, 3.63) is 30.1 Å². The van der Waals surface area contributed by atoms with Crippen LogP contribution < -0.4 is 16.2 Å². The number of hydrogen-bond donors (Lipinski definition) is 3. The number of carbonyl (C=O) groups excluding carboxylic acids is 1. The average Bonchev–Trinajstić information content (AvgIpc) is 2.53. The SMILES string of the molecule is CC(C)CCNC(=S)NNC(=O)CN(C)S(=O)(=O)c1ccc(F)cc1. The minimum Gasteiger partial charge on any atom is -0.361 e. The van der Waals surface area contributed by atoms with E-state index in [4.69, 9.17) is 12.2 Å². The second kappa shape index (κ2) is 9.64. The molecular formula is C15H23FN4O3S2. The second-order valence-corrected chi connectivity index (χ2v) is 8.28. The Labute approximate surface area is 153 Å². The van der Waals surface area contributed by atoms with Crippen molar-refractivity contribution >= 4 is 33.3 Å². The first-order valence-electron chi connectivity index (χ1n) is 7.67. The summed E-state index contributed by atoms with van der Waals surface area (Å²) >= 11 is 5.00. The molecule has 0 aliphatic carbocycles. The van der Waals surface area contributed by atoms with E-state index in [2.05, 4.69) is 30.0 Å². The largest absolute Gasteiger partial charge is 0.361 e. The van der Waals surface area contributed by atoms with Gasteiger partial charge in [0.15, 0.2) is 5.11 Å². The number of nitrogens with one attached hydrogen (secondary N) is 3. The fourth-order valence-corrected chi connectivity index (χ4v) is 3.04. The Morgan fingerprint density at radius 2 is 1.84 bits per heavy atom. The zero-order valence-corrected chi connectivity index (χ0v) is 16.0. The second-order valence-electron chi connectivity index (χ2n) is 5.83. The van der Waals surface area contributed by atoms with Crippen LogP contribution in [0.4, 0.5) is 4.39 Å². The molecule has 0 spiro atoms. The molecule has 0 aliphatic rings. The highest BCUT2D eigenvalue weighted by atomic mass is 32.2. The van der Waals surface area contributed by atoms with Gasteiger partial charge >= 0.3 is 0 Å². The van der Waals surface area contributed by atoms with Gasteiger partial charge in [0.25, 0.3) is 5.91 Å². The van der Waals surface area contributed by atoms with E-state index in [9.17, 15) is 17.6 Å². The highest BCUT2D eigenvalue weighted by molar-refractivity contribution is 7.89. The number of likely N-dealkylation sites (N-methyl/N-ethyl adjacent to an activating group) is 1. The zero-order valence-electron chi connectivity index (χ0n) is 14.4. The lowest BCUT2D eigenvalue weighted by Gasteiger charge is -2.18. The molecule has 0 unspecified atom stereocenters. The van der Waals surface area contributed by atoms with Crippen molar-refractivity contribution in [3.8, 4) is 0 Å². The molecule has 3 N–H and O–H groups in total. The van der Waals surface area contributed by atoms with Gasteiger partial charge < -0.3 is 5.32 Å². The molecule has 1 rings (SSSR count). The first kappa shape index (κ1) is 21.3. The monoisotopic (exact) mass is 390 g/mol. The average molecular weight is 391 g/mol. The summed E-state index contributed by atoms with van der Waals surface area (Å²) in [4.78, 5) is 11.8. The van der Waals surface area contributed by atoms with Gasteiger partial charge in [-0.25, -0.2) is 12.8 Å². The summed E-state index contributed by atoms with van der Waals surface area (Å²) in [5.41, 5.74) is 4.84. The van der Waals surface area contributed by atoms with E-state index in [1.807, 2.05) is 0 Å². The summed E-state index contributed by atoms with van der Waals surface area (Å²) in [6.07, 6.45) is 0.925. The number of nitrogens with zero attached hydrogens (tertiary/aromatic N) is 1. The van der Waals surface area contributed by atoms with Crippen molar-refractivity contribution in [1.29, 1.82) is 0 Å². The summed E-state index contributed by atoms with van der Waals surface area (Å²) in [7, 11) is -2.62. The number of amides is 1. The quantitative estimate of drug-likeness (QED) is 0.475. The van der Waals surface area contributed by atoms with Crippen molar-refractivity contribution in [3.63, 3.8) is 0 Å². The van der Waals surface area contributed by atoms with E-state index in [0.29, 0.717) is 12.5 Å². The number of hydrogen-bond acceptors (Lipinski definition) is 4. The third-order valence-electron chi connectivity index (χ3n) is 3.21. The maximum Gasteiger partial charge on any atom is 0.253 e. The van der Waals surface area contributed by atoms with Gasteiger partial charge in [-0.15, -0.1) is 0 Å². The lowest BCUT2D eigenvalue weighted by Crippen LogP contribution is -2.50. The Morgan fingerprint density at radius 1 is 1.24 bits per heavy atom. The minimum absolute atomic E-state index is 0.0944. The molecule has 1 aromatic rings. The van der Waals surface area contributed by atoms with Crippen molar-refractivity contribution in [1.82, 2.24) is 20.5 Å². The highest BCUT2D eigenvalue weighted by Crippen LogP contribution is 2.14. The van der Waals surface area contributed by atoms with Gasteiger partial charge in [0.1, 0.15) is 5.82 Å². The van der Waals surface area contributed by atoms with Crippen LogP contribution in [0.1, 0.15) is 20.3 Å². The van der Waals surface area contributed by atoms with E-state index in [1.54, 1.807) is 0 Å². The predicted octanol–water partition coefficient (Wildman–Crippen LogP) is 0.988. The zero-order chi connectivity index (χ0) is 19.0. The lowest BCUT2D eigenvalue weighted by molar-refractivity contribution is -0.121. The number of carbonyl (C=O) groups is 1. The molecule has 0 fully saturated rings. The number of rotatable bonds is 7. The molecule has 0 bridgehead atoms. The van der Waals surface area contributed by atoms with Crippen molar-refractivity contribution < 1.29 is 17.6 Å². The molecule has 1 aromatic carbocycles. The minimum atomic E-state index is -3.88. The fourth-order valence-electron chi connectivity index (χ4n) is 1.76. The Kier molecular flexibility index (Phi) is 8.20. The molecule has 7 nitrogen and oxygen atoms in total. The van der Waals surface area contributed by atoms with Crippen LogP contribution >= 0.6 is 12.2 Å². The maximum absolute atomic E-state index is 12.9. The fraction of sp³-hybridized carbons (Fsp3) is 0.467. The number of halogens is 1. The number of thiocarbonyl (C=S) groups is 1. The molecule has 0 radical (unpaired) electrons. The van der Waals surface area contributed by atoms with E-state index >= 15 is 0 Å². The predicted molar refractivity (Wildman–Crippen MR) is 97.5 cm³/mol. The third kappa shape index (κ3) is 7.32. The molecule has 10 heteroatoms. The van der Waals surface area contributed by atoms with Crippen molar-refractivity contribution in [2.75, 3.05) is 20.1 Å². The summed E-state index contributed by atoms with van der Waals surface area (Å²) in [6, 6.07) is 4.38. The van der Waals surface area contributed by atoms with Crippen LogP contribution in [0, 0.1) is 11.7 Å². The van der Waals surface area contributed by atoms with Gasteiger partial charge in [0.05, 0.1) is 11.4 Å². The Hall–Kier alpha value is -1.78. The van der Waals surface area contributed by atoms with Crippen LogP contribution in [-0.4, -0.2) is 43.9 Å². The first-order valence-corrected chi connectivity index (χ1v) is 9.52. The van der Waals surface area contributed by atoms with E-state index < -0.39 is 28.3 Å². The van der Waals surface area contributed by atoms with Gasteiger partial charge in [-0.1, -0.05) is 13.8 Å². The number of benzene rings is 1.